The van der Waals surface area contributed by atoms with E-state index in [-0.39, 0.29) is 5.82 Å². The van der Waals surface area contributed by atoms with Crippen LogP contribution in [0.1, 0.15) is 41.2 Å². The monoisotopic (exact) mass is 294 g/mol. The van der Waals surface area contributed by atoms with Crippen LogP contribution in [-0.2, 0) is 0 Å². The largest absolute Gasteiger partial charge is 0.207 e. The average molecular weight is 294 g/mol. The van der Waals surface area contributed by atoms with E-state index in [1.807, 2.05) is 26.0 Å². The lowest BCUT2D eigenvalue weighted by Crippen LogP contribution is -1.97. The van der Waals surface area contributed by atoms with Gasteiger partial charge in [0.15, 0.2) is 0 Å². The lowest BCUT2D eigenvalue weighted by atomic mass is 9.89. The van der Waals surface area contributed by atoms with Crippen LogP contribution in [-0.4, -0.2) is 0 Å². The van der Waals surface area contributed by atoms with Crippen LogP contribution in [0.25, 0.3) is 11.6 Å². The molecule has 0 atom stereocenters. The van der Waals surface area contributed by atoms with Crippen molar-refractivity contribution in [2.45, 2.75) is 34.1 Å². The molecule has 0 aliphatic rings. The van der Waals surface area contributed by atoms with Crippen molar-refractivity contribution in [3.8, 4) is 0 Å². The predicted molar refractivity (Wildman–Crippen MR) is 94.4 cm³/mol. The van der Waals surface area contributed by atoms with E-state index in [0.717, 1.165) is 28.7 Å². The molecule has 2 rings (SSSR count). The number of hydrogen-bond acceptors (Lipinski definition) is 0. The average Bonchev–Trinajstić information content (AvgIpc) is 2.45. The molecule has 1 heteroatoms. The highest BCUT2D eigenvalue weighted by atomic mass is 19.1. The predicted octanol–water partition coefficient (Wildman–Crippen LogP) is 6.26. The molecule has 0 radical (unpaired) electrons. The Kier molecular flexibility index (Phi) is 4.97. The van der Waals surface area contributed by atoms with Gasteiger partial charge in [-0.1, -0.05) is 43.8 Å². The topological polar surface area (TPSA) is 0 Å². The zero-order chi connectivity index (χ0) is 16.3. The van der Waals surface area contributed by atoms with Crippen molar-refractivity contribution in [2.24, 2.45) is 0 Å². The quantitative estimate of drug-likeness (QED) is 0.584. The summed E-state index contributed by atoms with van der Waals surface area (Å²) in [5.41, 5.74) is 7.56. The number of allylic oxidation sites excluding steroid dienone is 2. The smallest absolute Gasteiger partial charge is 0.123 e. The standard InChI is InChI=1S/C21H23F/c1-6-18(13-19-10-8-7-9-14(19)2)17(5)21-15(3)11-20(22)12-16(21)4/h7-13H,5-6H2,1-4H3/b18-13+. The van der Waals surface area contributed by atoms with Gasteiger partial charge in [0.2, 0.25) is 0 Å². The molecule has 0 bridgehead atoms. The highest BCUT2D eigenvalue weighted by Gasteiger charge is 2.12. The summed E-state index contributed by atoms with van der Waals surface area (Å²) in [5, 5.41) is 0. The first kappa shape index (κ1) is 16.2. The molecular weight excluding hydrogens is 271 g/mol. The van der Waals surface area contributed by atoms with Gasteiger partial charge in [-0.05, 0) is 78.3 Å². The zero-order valence-corrected chi connectivity index (χ0v) is 13.8. The van der Waals surface area contributed by atoms with Crippen LogP contribution in [0.5, 0.6) is 0 Å². The highest BCUT2D eigenvalue weighted by molar-refractivity contribution is 5.85. The lowest BCUT2D eigenvalue weighted by Gasteiger charge is -2.16. The summed E-state index contributed by atoms with van der Waals surface area (Å²) in [6.45, 7) is 12.4. The van der Waals surface area contributed by atoms with Gasteiger partial charge in [-0.15, -0.1) is 0 Å². The lowest BCUT2D eigenvalue weighted by molar-refractivity contribution is 0.625. The number of benzene rings is 2. The first-order valence-corrected chi connectivity index (χ1v) is 7.66. The molecule has 2 aromatic carbocycles. The maximum Gasteiger partial charge on any atom is 0.123 e. The molecule has 0 aliphatic heterocycles. The van der Waals surface area contributed by atoms with Crippen LogP contribution in [0.4, 0.5) is 4.39 Å². The van der Waals surface area contributed by atoms with Crippen molar-refractivity contribution < 1.29 is 4.39 Å². The van der Waals surface area contributed by atoms with E-state index in [9.17, 15) is 4.39 Å². The molecule has 0 saturated carbocycles. The van der Waals surface area contributed by atoms with Crippen LogP contribution in [0.15, 0.2) is 48.6 Å². The Hall–Kier alpha value is -2.15. The van der Waals surface area contributed by atoms with Crippen molar-refractivity contribution >= 4 is 11.6 Å². The van der Waals surface area contributed by atoms with Crippen molar-refractivity contribution in [3.05, 3.63) is 82.2 Å². The second-order valence-electron chi connectivity index (χ2n) is 5.77. The first-order valence-electron chi connectivity index (χ1n) is 7.66. The normalized spacial score (nSPS) is 11.6. The third kappa shape index (κ3) is 3.36. The molecule has 0 N–H and O–H groups in total. The minimum atomic E-state index is -0.188. The molecule has 0 spiro atoms. The molecule has 0 nitrogen and oxygen atoms in total. The van der Waals surface area contributed by atoms with E-state index < -0.39 is 0 Å². The Balaban J connectivity index is 2.49. The number of halogens is 1. The van der Waals surface area contributed by atoms with Crippen LogP contribution in [0, 0.1) is 26.6 Å². The number of rotatable bonds is 4. The molecule has 0 fully saturated rings. The highest BCUT2D eigenvalue weighted by Crippen LogP contribution is 2.31. The molecule has 0 heterocycles. The Bertz CT molecular complexity index is 712. The van der Waals surface area contributed by atoms with Gasteiger partial charge in [0.1, 0.15) is 5.82 Å². The third-order valence-corrected chi connectivity index (χ3v) is 4.09. The van der Waals surface area contributed by atoms with Gasteiger partial charge in [0.05, 0.1) is 0 Å². The third-order valence-electron chi connectivity index (χ3n) is 4.09. The Morgan fingerprint density at radius 2 is 1.64 bits per heavy atom. The maximum absolute atomic E-state index is 13.5. The first-order chi connectivity index (χ1) is 10.4. The van der Waals surface area contributed by atoms with Gasteiger partial charge in [-0.2, -0.15) is 0 Å². The van der Waals surface area contributed by atoms with Gasteiger partial charge < -0.3 is 0 Å². The summed E-state index contributed by atoms with van der Waals surface area (Å²) in [7, 11) is 0. The summed E-state index contributed by atoms with van der Waals surface area (Å²) < 4.78 is 13.5. The number of aryl methyl sites for hydroxylation is 3. The molecule has 2 aromatic rings. The molecule has 0 aliphatic carbocycles. The summed E-state index contributed by atoms with van der Waals surface area (Å²) in [6.07, 6.45) is 3.09. The summed E-state index contributed by atoms with van der Waals surface area (Å²) in [6, 6.07) is 11.5. The van der Waals surface area contributed by atoms with Crippen molar-refractivity contribution in [1.29, 1.82) is 0 Å². The Morgan fingerprint density at radius 3 is 2.18 bits per heavy atom. The fourth-order valence-electron chi connectivity index (χ4n) is 2.89. The summed E-state index contributed by atoms with van der Waals surface area (Å²) in [4.78, 5) is 0. The molecule has 0 unspecified atom stereocenters. The fourth-order valence-corrected chi connectivity index (χ4v) is 2.89. The zero-order valence-electron chi connectivity index (χ0n) is 13.8. The fraction of sp³-hybridized carbons (Fsp3) is 0.238. The molecule has 0 aromatic heterocycles. The minimum absolute atomic E-state index is 0.188. The Labute approximate surface area is 133 Å². The van der Waals surface area contributed by atoms with Gasteiger partial charge in [-0.25, -0.2) is 4.39 Å². The molecule has 114 valence electrons. The summed E-state index contributed by atoms with van der Waals surface area (Å²) >= 11 is 0. The Morgan fingerprint density at radius 1 is 1.05 bits per heavy atom. The molecule has 0 amide bonds. The second-order valence-corrected chi connectivity index (χ2v) is 5.77. The summed E-state index contributed by atoms with van der Waals surface area (Å²) in [5.74, 6) is -0.188. The van der Waals surface area contributed by atoms with Crippen molar-refractivity contribution in [1.82, 2.24) is 0 Å². The van der Waals surface area contributed by atoms with Crippen LogP contribution in [0.2, 0.25) is 0 Å². The molecular formula is C21H23F. The minimum Gasteiger partial charge on any atom is -0.207 e. The maximum atomic E-state index is 13.5. The van der Waals surface area contributed by atoms with Crippen LogP contribution >= 0.6 is 0 Å². The van der Waals surface area contributed by atoms with Crippen LogP contribution < -0.4 is 0 Å². The van der Waals surface area contributed by atoms with E-state index in [4.69, 9.17) is 0 Å². The SMILES string of the molecule is C=C(/C(=C/c1ccccc1C)CC)c1c(C)cc(F)cc1C. The second kappa shape index (κ2) is 6.74. The van der Waals surface area contributed by atoms with Crippen molar-refractivity contribution in [2.75, 3.05) is 0 Å². The number of hydrogen-bond donors (Lipinski definition) is 0. The van der Waals surface area contributed by atoms with Gasteiger partial charge in [-0.3, -0.25) is 0 Å². The van der Waals surface area contributed by atoms with Gasteiger partial charge in [0, 0.05) is 0 Å². The van der Waals surface area contributed by atoms with E-state index in [1.165, 1.54) is 16.7 Å². The molecule has 0 saturated heterocycles. The van der Waals surface area contributed by atoms with E-state index >= 15 is 0 Å². The van der Waals surface area contributed by atoms with E-state index in [0.29, 0.717) is 0 Å². The van der Waals surface area contributed by atoms with Crippen LogP contribution in [0.3, 0.4) is 0 Å². The van der Waals surface area contributed by atoms with Crippen molar-refractivity contribution in [3.63, 3.8) is 0 Å². The van der Waals surface area contributed by atoms with Gasteiger partial charge in [0.25, 0.3) is 0 Å². The van der Waals surface area contributed by atoms with Gasteiger partial charge >= 0.3 is 0 Å². The molecule has 22 heavy (non-hydrogen) atoms. The van der Waals surface area contributed by atoms with E-state index in [2.05, 4.69) is 38.6 Å². The van der Waals surface area contributed by atoms with E-state index in [1.54, 1.807) is 12.1 Å².